The highest BCUT2D eigenvalue weighted by Gasteiger charge is 2.18. The summed E-state index contributed by atoms with van der Waals surface area (Å²) in [6.07, 6.45) is 5.32. The summed E-state index contributed by atoms with van der Waals surface area (Å²) in [6, 6.07) is 0. The topological polar surface area (TPSA) is 35.0 Å². The van der Waals surface area contributed by atoms with Crippen LogP contribution in [-0.2, 0) is 4.74 Å². The standard InChI is InChI=1S/C12H18N2O/c1-5-6-15-11(9(2)3)12-13-7-10(4)8-14-12/h5,7-9,11H,1,6H2,2-4H3/t11-/m0/s1. The van der Waals surface area contributed by atoms with Gasteiger partial charge in [-0.1, -0.05) is 19.9 Å². The molecule has 0 N–H and O–H groups in total. The van der Waals surface area contributed by atoms with E-state index in [1.54, 1.807) is 6.08 Å². The molecule has 0 aromatic carbocycles. The largest absolute Gasteiger partial charge is 0.366 e. The second kappa shape index (κ2) is 5.61. The minimum atomic E-state index is -0.0522. The van der Waals surface area contributed by atoms with Crippen molar-refractivity contribution in [2.75, 3.05) is 6.61 Å². The molecular weight excluding hydrogens is 188 g/mol. The molecule has 3 nitrogen and oxygen atoms in total. The molecule has 1 aromatic heterocycles. The zero-order valence-electron chi connectivity index (χ0n) is 9.60. The maximum atomic E-state index is 5.64. The summed E-state index contributed by atoms with van der Waals surface area (Å²) >= 11 is 0. The van der Waals surface area contributed by atoms with Gasteiger partial charge in [0.15, 0.2) is 5.82 Å². The Kier molecular flexibility index (Phi) is 4.43. The van der Waals surface area contributed by atoms with Gasteiger partial charge in [0.2, 0.25) is 0 Å². The third-order valence-electron chi connectivity index (χ3n) is 2.05. The summed E-state index contributed by atoms with van der Waals surface area (Å²) in [5.41, 5.74) is 1.06. The Morgan fingerprint density at radius 2 is 2.00 bits per heavy atom. The van der Waals surface area contributed by atoms with Crippen molar-refractivity contribution in [3.05, 3.63) is 36.4 Å². The first-order valence-corrected chi connectivity index (χ1v) is 5.16. The third kappa shape index (κ3) is 3.44. The molecule has 0 radical (unpaired) electrons. The van der Waals surface area contributed by atoms with Crippen molar-refractivity contribution in [1.82, 2.24) is 9.97 Å². The van der Waals surface area contributed by atoms with Gasteiger partial charge in [0.05, 0.1) is 6.61 Å². The Bertz CT molecular complexity index is 306. The number of aromatic nitrogens is 2. The van der Waals surface area contributed by atoms with Crippen molar-refractivity contribution < 1.29 is 4.74 Å². The second-order valence-corrected chi connectivity index (χ2v) is 3.91. The smallest absolute Gasteiger partial charge is 0.157 e. The van der Waals surface area contributed by atoms with Crippen molar-refractivity contribution in [3.8, 4) is 0 Å². The summed E-state index contributed by atoms with van der Waals surface area (Å²) in [5, 5.41) is 0. The summed E-state index contributed by atoms with van der Waals surface area (Å²) < 4.78 is 5.64. The van der Waals surface area contributed by atoms with Crippen LogP contribution >= 0.6 is 0 Å². The summed E-state index contributed by atoms with van der Waals surface area (Å²) in [5.74, 6) is 1.10. The fourth-order valence-corrected chi connectivity index (χ4v) is 1.29. The van der Waals surface area contributed by atoms with Gasteiger partial charge in [-0.05, 0) is 18.4 Å². The van der Waals surface area contributed by atoms with Crippen LogP contribution in [0.5, 0.6) is 0 Å². The quantitative estimate of drug-likeness (QED) is 0.695. The van der Waals surface area contributed by atoms with Gasteiger partial charge in [0, 0.05) is 12.4 Å². The number of hydrogen-bond acceptors (Lipinski definition) is 3. The molecule has 0 fully saturated rings. The predicted molar refractivity (Wildman–Crippen MR) is 60.5 cm³/mol. The number of aryl methyl sites for hydroxylation is 1. The molecule has 0 bridgehead atoms. The molecule has 0 spiro atoms. The summed E-state index contributed by atoms with van der Waals surface area (Å²) in [6.45, 7) is 10.3. The predicted octanol–water partition coefficient (Wildman–Crippen LogP) is 2.68. The van der Waals surface area contributed by atoms with Crippen molar-refractivity contribution in [2.24, 2.45) is 5.92 Å². The fourth-order valence-electron chi connectivity index (χ4n) is 1.29. The lowest BCUT2D eigenvalue weighted by atomic mass is 10.1. The lowest BCUT2D eigenvalue weighted by Gasteiger charge is -2.19. The van der Waals surface area contributed by atoms with Crippen molar-refractivity contribution in [1.29, 1.82) is 0 Å². The van der Waals surface area contributed by atoms with Crippen molar-refractivity contribution in [2.45, 2.75) is 26.9 Å². The van der Waals surface area contributed by atoms with E-state index >= 15 is 0 Å². The zero-order chi connectivity index (χ0) is 11.3. The lowest BCUT2D eigenvalue weighted by Crippen LogP contribution is -2.14. The first-order valence-electron chi connectivity index (χ1n) is 5.16. The molecule has 0 saturated heterocycles. The monoisotopic (exact) mass is 206 g/mol. The summed E-state index contributed by atoms with van der Waals surface area (Å²) in [4.78, 5) is 8.56. The van der Waals surface area contributed by atoms with Crippen LogP contribution in [0.25, 0.3) is 0 Å². The SMILES string of the molecule is C=CCO[C@H](c1ncc(C)cn1)C(C)C. The van der Waals surface area contributed by atoms with Crippen LogP contribution in [-0.4, -0.2) is 16.6 Å². The van der Waals surface area contributed by atoms with E-state index in [1.165, 1.54) is 0 Å². The molecule has 82 valence electrons. The van der Waals surface area contributed by atoms with E-state index in [4.69, 9.17) is 4.74 Å². The fraction of sp³-hybridized carbons (Fsp3) is 0.500. The van der Waals surface area contributed by atoms with Crippen molar-refractivity contribution >= 4 is 0 Å². The highest BCUT2D eigenvalue weighted by molar-refractivity contribution is 5.04. The maximum absolute atomic E-state index is 5.64. The second-order valence-electron chi connectivity index (χ2n) is 3.91. The summed E-state index contributed by atoms with van der Waals surface area (Å²) in [7, 11) is 0. The number of ether oxygens (including phenoxy) is 1. The van der Waals surface area contributed by atoms with Crippen LogP contribution in [0.1, 0.15) is 31.3 Å². The molecule has 1 heterocycles. The maximum Gasteiger partial charge on any atom is 0.157 e. The third-order valence-corrected chi connectivity index (χ3v) is 2.05. The highest BCUT2D eigenvalue weighted by Crippen LogP contribution is 2.22. The van der Waals surface area contributed by atoms with Gasteiger partial charge in [-0.3, -0.25) is 0 Å². The van der Waals surface area contributed by atoms with Gasteiger partial charge in [-0.2, -0.15) is 0 Å². The van der Waals surface area contributed by atoms with Crippen LogP contribution in [0.15, 0.2) is 25.0 Å². The van der Waals surface area contributed by atoms with E-state index in [1.807, 2.05) is 19.3 Å². The Hall–Kier alpha value is -1.22. The van der Waals surface area contributed by atoms with Gasteiger partial charge < -0.3 is 4.74 Å². The van der Waals surface area contributed by atoms with Crippen LogP contribution in [0.4, 0.5) is 0 Å². The van der Waals surface area contributed by atoms with E-state index in [2.05, 4.69) is 30.4 Å². The van der Waals surface area contributed by atoms with Gasteiger partial charge in [0.1, 0.15) is 6.10 Å². The lowest BCUT2D eigenvalue weighted by molar-refractivity contribution is 0.0330. The average Bonchev–Trinajstić information content (AvgIpc) is 2.21. The molecule has 1 aromatic rings. The van der Waals surface area contributed by atoms with Gasteiger partial charge in [-0.25, -0.2) is 9.97 Å². The highest BCUT2D eigenvalue weighted by atomic mass is 16.5. The minimum absolute atomic E-state index is 0.0522. The van der Waals surface area contributed by atoms with E-state index < -0.39 is 0 Å². The molecule has 0 amide bonds. The van der Waals surface area contributed by atoms with Crippen LogP contribution in [0.3, 0.4) is 0 Å². The molecule has 0 unspecified atom stereocenters. The molecule has 0 aliphatic carbocycles. The number of hydrogen-bond donors (Lipinski definition) is 0. The first kappa shape index (κ1) is 11.9. The van der Waals surface area contributed by atoms with Gasteiger partial charge in [-0.15, -0.1) is 6.58 Å². The molecule has 3 heteroatoms. The number of rotatable bonds is 5. The Labute approximate surface area is 91.2 Å². The van der Waals surface area contributed by atoms with Crippen LogP contribution in [0.2, 0.25) is 0 Å². The van der Waals surface area contributed by atoms with E-state index in [0.717, 1.165) is 11.4 Å². The van der Waals surface area contributed by atoms with E-state index in [-0.39, 0.29) is 6.10 Å². The minimum Gasteiger partial charge on any atom is -0.366 e. The van der Waals surface area contributed by atoms with Crippen LogP contribution in [0, 0.1) is 12.8 Å². The molecule has 1 atom stereocenters. The zero-order valence-corrected chi connectivity index (χ0v) is 9.60. The average molecular weight is 206 g/mol. The Morgan fingerprint density at radius 3 is 2.47 bits per heavy atom. The molecular formula is C12H18N2O. The normalized spacial score (nSPS) is 12.8. The molecule has 0 aliphatic rings. The molecule has 0 aliphatic heterocycles. The molecule has 1 rings (SSSR count). The van der Waals surface area contributed by atoms with Gasteiger partial charge >= 0.3 is 0 Å². The Balaban J connectivity index is 2.79. The van der Waals surface area contributed by atoms with E-state index in [0.29, 0.717) is 12.5 Å². The van der Waals surface area contributed by atoms with Crippen molar-refractivity contribution in [3.63, 3.8) is 0 Å². The molecule has 0 saturated carbocycles. The Morgan fingerprint density at radius 1 is 1.40 bits per heavy atom. The first-order chi connectivity index (χ1) is 7.15. The van der Waals surface area contributed by atoms with Crippen LogP contribution < -0.4 is 0 Å². The van der Waals surface area contributed by atoms with E-state index in [9.17, 15) is 0 Å². The number of nitrogens with zero attached hydrogens (tertiary/aromatic N) is 2. The van der Waals surface area contributed by atoms with Gasteiger partial charge in [0.25, 0.3) is 0 Å². The molecule has 15 heavy (non-hydrogen) atoms.